The van der Waals surface area contributed by atoms with E-state index in [4.69, 9.17) is 16.7 Å². The molecule has 22 heavy (non-hydrogen) atoms. The Kier molecular flexibility index (Phi) is 4.32. The summed E-state index contributed by atoms with van der Waals surface area (Å²) in [6.07, 6.45) is -4.74. The van der Waals surface area contributed by atoms with Gasteiger partial charge in [-0.3, -0.25) is 9.59 Å². The van der Waals surface area contributed by atoms with Crippen LogP contribution in [0.25, 0.3) is 0 Å². The molecule has 1 aromatic carbocycles. The molecule has 120 valence electrons. The van der Waals surface area contributed by atoms with Crippen LogP contribution in [0, 0.1) is 17.7 Å². The summed E-state index contributed by atoms with van der Waals surface area (Å²) in [5.74, 6) is -7.22. The smallest absolute Gasteiger partial charge is 0.394 e. The fourth-order valence-corrected chi connectivity index (χ4v) is 2.63. The van der Waals surface area contributed by atoms with Gasteiger partial charge in [0.1, 0.15) is 5.82 Å². The maximum absolute atomic E-state index is 13.2. The molecule has 0 bridgehead atoms. The Labute approximate surface area is 127 Å². The van der Waals surface area contributed by atoms with Gasteiger partial charge in [0, 0.05) is 23.7 Å². The average Bonchev–Trinajstić information content (AvgIpc) is 2.81. The van der Waals surface area contributed by atoms with Gasteiger partial charge in [0.2, 0.25) is 0 Å². The van der Waals surface area contributed by atoms with Gasteiger partial charge < -0.3 is 10.0 Å². The first kappa shape index (κ1) is 16.5. The first-order chi connectivity index (χ1) is 10.1. The van der Waals surface area contributed by atoms with Crippen LogP contribution in [0.5, 0.6) is 0 Å². The van der Waals surface area contributed by atoms with Crippen LogP contribution in [0.3, 0.4) is 0 Å². The molecule has 1 saturated heterocycles. The Morgan fingerprint density at radius 1 is 1.23 bits per heavy atom. The molecular formula is C13H10ClF4NO3. The standard InChI is InChI=1S/C13H10ClF4NO3/c14-7-1-6(2-8(15)3-7)11(20)19-4-9(12(21)22)10(5-19)13(16,17)18/h1-3,9-10H,4-5H2,(H,21,22)/t9-,10-/m1/s1. The number of carboxylic acids is 1. The summed E-state index contributed by atoms with van der Waals surface area (Å²) in [6, 6.07) is 2.90. The second-order valence-corrected chi connectivity index (χ2v) is 5.40. The highest BCUT2D eigenvalue weighted by atomic mass is 35.5. The summed E-state index contributed by atoms with van der Waals surface area (Å²) in [4.78, 5) is 23.8. The fraction of sp³-hybridized carbons (Fsp3) is 0.385. The third-order valence-electron chi connectivity index (χ3n) is 3.45. The number of alkyl halides is 3. The van der Waals surface area contributed by atoms with Gasteiger partial charge in [-0.2, -0.15) is 13.2 Å². The molecule has 1 aliphatic rings. The van der Waals surface area contributed by atoms with Crippen LogP contribution in [0.15, 0.2) is 18.2 Å². The molecule has 0 unspecified atom stereocenters. The van der Waals surface area contributed by atoms with E-state index in [0.717, 1.165) is 23.1 Å². The van der Waals surface area contributed by atoms with Gasteiger partial charge in [-0.15, -0.1) is 0 Å². The molecule has 4 nitrogen and oxygen atoms in total. The zero-order valence-electron chi connectivity index (χ0n) is 10.9. The van der Waals surface area contributed by atoms with E-state index in [0.29, 0.717) is 0 Å². The lowest BCUT2D eigenvalue weighted by Gasteiger charge is -2.18. The molecule has 9 heteroatoms. The number of carbonyl (C=O) groups is 2. The molecule has 0 saturated carbocycles. The molecule has 1 heterocycles. The zero-order chi connectivity index (χ0) is 16.7. The molecule has 1 fully saturated rings. The van der Waals surface area contributed by atoms with Crippen LogP contribution in [0.2, 0.25) is 5.02 Å². The molecular weight excluding hydrogens is 330 g/mol. The highest BCUT2D eigenvalue weighted by molar-refractivity contribution is 6.31. The first-order valence-corrected chi connectivity index (χ1v) is 6.52. The molecule has 2 rings (SSSR count). The largest absolute Gasteiger partial charge is 0.481 e. The average molecular weight is 340 g/mol. The Morgan fingerprint density at radius 2 is 1.86 bits per heavy atom. The maximum atomic E-state index is 13.2. The summed E-state index contributed by atoms with van der Waals surface area (Å²) >= 11 is 5.60. The molecule has 0 radical (unpaired) electrons. The summed E-state index contributed by atoms with van der Waals surface area (Å²) in [5.41, 5.74) is -0.225. The third-order valence-corrected chi connectivity index (χ3v) is 3.67. The number of hydrogen-bond acceptors (Lipinski definition) is 2. The molecule has 1 N–H and O–H groups in total. The van der Waals surface area contributed by atoms with Crippen molar-refractivity contribution in [2.75, 3.05) is 13.1 Å². The lowest BCUT2D eigenvalue weighted by Crippen LogP contribution is -2.34. The summed E-state index contributed by atoms with van der Waals surface area (Å²) in [6.45, 7) is -1.38. The van der Waals surface area contributed by atoms with Crippen molar-refractivity contribution in [2.24, 2.45) is 11.8 Å². The number of carboxylic acid groups (broad SMARTS) is 1. The van der Waals surface area contributed by atoms with E-state index in [1.54, 1.807) is 0 Å². The lowest BCUT2D eigenvalue weighted by molar-refractivity contribution is -0.187. The second kappa shape index (κ2) is 5.75. The number of rotatable bonds is 2. The molecule has 2 atom stereocenters. The Hall–Kier alpha value is -1.83. The number of benzene rings is 1. The van der Waals surface area contributed by atoms with Crippen molar-refractivity contribution in [3.63, 3.8) is 0 Å². The van der Waals surface area contributed by atoms with Gasteiger partial charge in [-0.1, -0.05) is 11.6 Å². The van der Waals surface area contributed by atoms with Crippen molar-refractivity contribution in [3.05, 3.63) is 34.6 Å². The Morgan fingerprint density at radius 3 is 2.32 bits per heavy atom. The van der Waals surface area contributed by atoms with Gasteiger partial charge in [-0.05, 0) is 18.2 Å². The van der Waals surface area contributed by atoms with Crippen LogP contribution >= 0.6 is 11.6 Å². The minimum atomic E-state index is -4.74. The van der Waals surface area contributed by atoms with Crippen LogP contribution in [0.1, 0.15) is 10.4 Å². The van der Waals surface area contributed by atoms with Crippen molar-refractivity contribution in [1.82, 2.24) is 4.90 Å². The van der Waals surface area contributed by atoms with Crippen molar-refractivity contribution in [2.45, 2.75) is 6.18 Å². The highest BCUT2D eigenvalue weighted by Crippen LogP contribution is 2.38. The molecule has 0 aromatic heterocycles. The number of nitrogens with zero attached hydrogens (tertiary/aromatic N) is 1. The predicted octanol–water partition coefficient (Wildman–Crippen LogP) is 2.81. The van der Waals surface area contributed by atoms with E-state index in [1.807, 2.05) is 0 Å². The molecule has 0 spiro atoms. The van der Waals surface area contributed by atoms with Gasteiger partial charge in [-0.25, -0.2) is 4.39 Å². The van der Waals surface area contributed by atoms with Crippen LogP contribution in [-0.2, 0) is 4.79 Å². The number of aliphatic carboxylic acids is 1. The normalized spacial score (nSPS) is 22.0. The molecule has 1 amide bonds. The van der Waals surface area contributed by atoms with Crippen LogP contribution in [-0.4, -0.2) is 41.1 Å². The van der Waals surface area contributed by atoms with Crippen molar-refractivity contribution < 1.29 is 32.3 Å². The van der Waals surface area contributed by atoms with Gasteiger partial charge in [0.05, 0.1) is 11.8 Å². The Balaban J connectivity index is 2.26. The van der Waals surface area contributed by atoms with Gasteiger partial charge >= 0.3 is 12.1 Å². The van der Waals surface area contributed by atoms with Crippen LogP contribution in [0.4, 0.5) is 17.6 Å². The minimum Gasteiger partial charge on any atom is -0.481 e. The first-order valence-electron chi connectivity index (χ1n) is 6.14. The number of carbonyl (C=O) groups excluding carboxylic acids is 1. The van der Waals surface area contributed by atoms with E-state index < -0.39 is 48.8 Å². The van der Waals surface area contributed by atoms with E-state index in [2.05, 4.69) is 0 Å². The van der Waals surface area contributed by atoms with Crippen molar-refractivity contribution in [1.29, 1.82) is 0 Å². The third kappa shape index (κ3) is 3.32. The van der Waals surface area contributed by atoms with Crippen molar-refractivity contribution >= 4 is 23.5 Å². The topological polar surface area (TPSA) is 57.6 Å². The van der Waals surface area contributed by atoms with Crippen LogP contribution < -0.4 is 0 Å². The van der Waals surface area contributed by atoms with E-state index in [-0.39, 0.29) is 10.6 Å². The number of likely N-dealkylation sites (tertiary alicyclic amines) is 1. The second-order valence-electron chi connectivity index (χ2n) is 4.96. The Bertz CT molecular complexity index is 600. The summed E-state index contributed by atoms with van der Waals surface area (Å²) in [7, 11) is 0. The fourth-order valence-electron chi connectivity index (χ4n) is 2.41. The zero-order valence-corrected chi connectivity index (χ0v) is 11.7. The highest BCUT2D eigenvalue weighted by Gasteiger charge is 2.53. The summed E-state index contributed by atoms with van der Waals surface area (Å²) < 4.78 is 51.8. The quantitative estimate of drug-likeness (QED) is 0.843. The van der Waals surface area contributed by atoms with Gasteiger partial charge in [0.25, 0.3) is 5.91 Å². The number of halogens is 5. The maximum Gasteiger partial charge on any atom is 0.394 e. The molecule has 1 aliphatic heterocycles. The number of amides is 1. The molecule has 0 aliphatic carbocycles. The van der Waals surface area contributed by atoms with E-state index in [9.17, 15) is 27.2 Å². The predicted molar refractivity (Wildman–Crippen MR) is 68.0 cm³/mol. The van der Waals surface area contributed by atoms with E-state index >= 15 is 0 Å². The SMILES string of the molecule is O=C(O)[C@@H]1CN(C(=O)c2cc(F)cc(Cl)c2)C[C@H]1C(F)(F)F. The monoisotopic (exact) mass is 339 g/mol. The number of hydrogen-bond donors (Lipinski definition) is 1. The minimum absolute atomic E-state index is 0.0790. The van der Waals surface area contributed by atoms with Gasteiger partial charge in [0.15, 0.2) is 0 Å². The van der Waals surface area contributed by atoms with E-state index in [1.165, 1.54) is 0 Å². The summed E-state index contributed by atoms with van der Waals surface area (Å²) in [5, 5.41) is 8.81. The lowest BCUT2D eigenvalue weighted by atomic mass is 9.96. The molecule has 1 aromatic rings. The van der Waals surface area contributed by atoms with Crippen molar-refractivity contribution in [3.8, 4) is 0 Å².